The Balaban J connectivity index is 2.04. The Morgan fingerprint density at radius 3 is 2.82 bits per heavy atom. The van der Waals surface area contributed by atoms with Gasteiger partial charge in [-0.25, -0.2) is 8.78 Å². The molecule has 22 heavy (non-hydrogen) atoms. The van der Waals surface area contributed by atoms with Crippen molar-refractivity contribution in [1.29, 1.82) is 0 Å². The third kappa shape index (κ3) is 3.61. The SMILES string of the molecule is CC(C)[C@H]1C(=O)NCCN1C(=O)CCc1cc(F)ccc1F. The third-order valence-electron chi connectivity index (χ3n) is 3.82. The van der Waals surface area contributed by atoms with E-state index in [0.29, 0.717) is 13.1 Å². The number of carbonyl (C=O) groups is 2. The number of benzene rings is 1. The molecule has 6 heteroatoms. The molecule has 1 aromatic carbocycles. The van der Waals surface area contributed by atoms with Crippen LogP contribution in [0, 0.1) is 17.6 Å². The quantitative estimate of drug-likeness (QED) is 0.923. The lowest BCUT2D eigenvalue weighted by Gasteiger charge is -2.37. The average Bonchev–Trinajstić information content (AvgIpc) is 2.47. The van der Waals surface area contributed by atoms with Crippen LogP contribution in [0.3, 0.4) is 0 Å². The second-order valence-electron chi connectivity index (χ2n) is 5.80. The number of aryl methyl sites for hydroxylation is 1. The van der Waals surface area contributed by atoms with Gasteiger partial charge in [-0.2, -0.15) is 0 Å². The number of halogens is 2. The number of carbonyl (C=O) groups excluding carboxylic acids is 2. The Morgan fingerprint density at radius 1 is 1.41 bits per heavy atom. The summed E-state index contributed by atoms with van der Waals surface area (Å²) in [6.07, 6.45) is 0.169. The predicted molar refractivity (Wildman–Crippen MR) is 78.0 cm³/mol. The monoisotopic (exact) mass is 310 g/mol. The summed E-state index contributed by atoms with van der Waals surface area (Å²) in [5, 5.41) is 2.75. The van der Waals surface area contributed by atoms with E-state index in [-0.39, 0.29) is 36.1 Å². The van der Waals surface area contributed by atoms with Gasteiger partial charge in [0.15, 0.2) is 0 Å². The Kier molecular flexibility index (Phi) is 5.11. The summed E-state index contributed by atoms with van der Waals surface area (Å²) >= 11 is 0. The van der Waals surface area contributed by atoms with Gasteiger partial charge in [-0.3, -0.25) is 9.59 Å². The maximum atomic E-state index is 13.6. The Morgan fingerprint density at radius 2 is 2.14 bits per heavy atom. The van der Waals surface area contributed by atoms with Crippen LogP contribution in [-0.2, 0) is 16.0 Å². The lowest BCUT2D eigenvalue weighted by atomic mass is 9.98. The highest BCUT2D eigenvalue weighted by Crippen LogP contribution is 2.17. The normalized spacial score (nSPS) is 18.5. The summed E-state index contributed by atoms with van der Waals surface area (Å²) < 4.78 is 26.7. The van der Waals surface area contributed by atoms with Crippen molar-refractivity contribution >= 4 is 11.8 Å². The van der Waals surface area contributed by atoms with E-state index < -0.39 is 17.7 Å². The molecule has 2 amide bonds. The van der Waals surface area contributed by atoms with Crippen molar-refractivity contribution in [1.82, 2.24) is 10.2 Å². The molecule has 1 saturated heterocycles. The zero-order valence-corrected chi connectivity index (χ0v) is 12.7. The van der Waals surface area contributed by atoms with Crippen molar-refractivity contribution < 1.29 is 18.4 Å². The molecular formula is C16H20F2N2O2. The van der Waals surface area contributed by atoms with E-state index in [1.807, 2.05) is 13.8 Å². The molecule has 1 atom stereocenters. The maximum absolute atomic E-state index is 13.6. The van der Waals surface area contributed by atoms with Gasteiger partial charge in [0.05, 0.1) is 0 Å². The molecule has 1 aromatic rings. The zero-order valence-electron chi connectivity index (χ0n) is 12.7. The second kappa shape index (κ2) is 6.85. The number of amides is 2. The number of piperazine rings is 1. The molecule has 0 saturated carbocycles. The minimum absolute atomic E-state index is 0.00449. The number of hydrogen-bond donors (Lipinski definition) is 1. The van der Waals surface area contributed by atoms with Gasteiger partial charge in [-0.1, -0.05) is 13.8 Å². The average molecular weight is 310 g/mol. The van der Waals surface area contributed by atoms with E-state index in [9.17, 15) is 18.4 Å². The highest BCUT2D eigenvalue weighted by atomic mass is 19.1. The standard InChI is InChI=1S/C16H20F2N2O2/c1-10(2)15-16(22)19-7-8-20(15)14(21)6-3-11-9-12(17)4-5-13(11)18/h4-5,9-10,15H,3,6-8H2,1-2H3,(H,19,22)/t15-/m0/s1. The van der Waals surface area contributed by atoms with E-state index in [0.717, 1.165) is 18.2 Å². The van der Waals surface area contributed by atoms with E-state index in [2.05, 4.69) is 5.32 Å². The number of nitrogens with one attached hydrogen (secondary N) is 1. The number of hydrogen-bond acceptors (Lipinski definition) is 2. The summed E-state index contributed by atoms with van der Waals surface area (Å²) in [5.74, 6) is -1.42. The van der Waals surface area contributed by atoms with Gasteiger partial charge in [-0.15, -0.1) is 0 Å². The summed E-state index contributed by atoms with van der Waals surface area (Å²) in [4.78, 5) is 25.8. The Bertz CT molecular complexity index is 575. The maximum Gasteiger partial charge on any atom is 0.243 e. The summed E-state index contributed by atoms with van der Waals surface area (Å²) in [6.45, 7) is 4.62. The molecule has 1 aliphatic heterocycles. The zero-order chi connectivity index (χ0) is 16.3. The second-order valence-corrected chi connectivity index (χ2v) is 5.80. The fraction of sp³-hybridized carbons (Fsp3) is 0.500. The first kappa shape index (κ1) is 16.4. The molecule has 0 aliphatic carbocycles. The highest BCUT2D eigenvalue weighted by molar-refractivity contribution is 5.89. The van der Waals surface area contributed by atoms with Crippen LogP contribution in [0.1, 0.15) is 25.8 Å². The molecule has 120 valence electrons. The van der Waals surface area contributed by atoms with E-state index in [4.69, 9.17) is 0 Å². The minimum atomic E-state index is -0.527. The third-order valence-corrected chi connectivity index (χ3v) is 3.82. The Labute approximate surface area is 128 Å². The van der Waals surface area contributed by atoms with Crippen LogP contribution in [0.2, 0.25) is 0 Å². The highest BCUT2D eigenvalue weighted by Gasteiger charge is 2.34. The van der Waals surface area contributed by atoms with Crippen molar-refractivity contribution in [2.24, 2.45) is 5.92 Å². The van der Waals surface area contributed by atoms with Crippen molar-refractivity contribution in [2.75, 3.05) is 13.1 Å². The van der Waals surface area contributed by atoms with Crippen LogP contribution in [0.25, 0.3) is 0 Å². The first-order valence-electron chi connectivity index (χ1n) is 7.41. The van der Waals surface area contributed by atoms with Crippen LogP contribution in [0.4, 0.5) is 8.78 Å². The summed E-state index contributed by atoms with van der Waals surface area (Å²) in [7, 11) is 0. The fourth-order valence-corrected chi connectivity index (χ4v) is 2.75. The Hall–Kier alpha value is -1.98. The van der Waals surface area contributed by atoms with Gasteiger partial charge < -0.3 is 10.2 Å². The first-order valence-corrected chi connectivity index (χ1v) is 7.41. The molecule has 0 aromatic heterocycles. The molecule has 0 unspecified atom stereocenters. The largest absolute Gasteiger partial charge is 0.353 e. The van der Waals surface area contributed by atoms with Crippen LogP contribution < -0.4 is 5.32 Å². The van der Waals surface area contributed by atoms with Crippen LogP contribution in [-0.4, -0.2) is 35.8 Å². The number of rotatable bonds is 4. The lowest BCUT2D eigenvalue weighted by Crippen LogP contribution is -2.59. The summed E-state index contributed by atoms with van der Waals surface area (Å²) in [6, 6.07) is 2.70. The van der Waals surface area contributed by atoms with E-state index in [1.54, 1.807) is 4.90 Å². The van der Waals surface area contributed by atoms with Crippen molar-refractivity contribution in [3.63, 3.8) is 0 Å². The molecule has 1 aliphatic rings. The molecular weight excluding hydrogens is 290 g/mol. The predicted octanol–water partition coefficient (Wildman–Crippen LogP) is 1.88. The molecule has 1 heterocycles. The fourth-order valence-electron chi connectivity index (χ4n) is 2.75. The first-order chi connectivity index (χ1) is 10.4. The van der Waals surface area contributed by atoms with Gasteiger partial charge in [0.1, 0.15) is 17.7 Å². The summed E-state index contributed by atoms with van der Waals surface area (Å²) in [5.41, 5.74) is 0.177. The van der Waals surface area contributed by atoms with E-state index in [1.165, 1.54) is 0 Å². The van der Waals surface area contributed by atoms with Crippen molar-refractivity contribution in [3.8, 4) is 0 Å². The van der Waals surface area contributed by atoms with Crippen LogP contribution in [0.5, 0.6) is 0 Å². The van der Waals surface area contributed by atoms with Gasteiger partial charge in [-0.05, 0) is 36.1 Å². The molecule has 2 rings (SSSR count). The molecule has 0 bridgehead atoms. The van der Waals surface area contributed by atoms with Crippen molar-refractivity contribution in [2.45, 2.75) is 32.7 Å². The lowest BCUT2D eigenvalue weighted by molar-refractivity contribution is -0.145. The van der Waals surface area contributed by atoms with Crippen molar-refractivity contribution in [3.05, 3.63) is 35.4 Å². The molecule has 0 radical (unpaired) electrons. The van der Waals surface area contributed by atoms with Gasteiger partial charge >= 0.3 is 0 Å². The molecule has 0 spiro atoms. The minimum Gasteiger partial charge on any atom is -0.353 e. The van der Waals surface area contributed by atoms with Gasteiger partial charge in [0.2, 0.25) is 11.8 Å². The molecule has 4 nitrogen and oxygen atoms in total. The van der Waals surface area contributed by atoms with Gasteiger partial charge in [0.25, 0.3) is 0 Å². The smallest absolute Gasteiger partial charge is 0.243 e. The van der Waals surface area contributed by atoms with Crippen LogP contribution in [0.15, 0.2) is 18.2 Å². The number of nitrogens with zero attached hydrogens (tertiary/aromatic N) is 1. The molecule has 1 N–H and O–H groups in total. The van der Waals surface area contributed by atoms with Crippen LogP contribution >= 0.6 is 0 Å². The topological polar surface area (TPSA) is 49.4 Å². The van der Waals surface area contributed by atoms with Gasteiger partial charge in [0, 0.05) is 19.5 Å². The molecule has 1 fully saturated rings. The van der Waals surface area contributed by atoms with E-state index >= 15 is 0 Å².